The summed E-state index contributed by atoms with van der Waals surface area (Å²) in [5.74, 6) is 6.09. The monoisotopic (exact) mass is 154 g/mol. The van der Waals surface area contributed by atoms with Gasteiger partial charge < -0.3 is 5.11 Å². The second-order valence-electron chi connectivity index (χ2n) is 2.70. The Morgan fingerprint density at radius 2 is 1.73 bits per heavy atom. The lowest BCUT2D eigenvalue weighted by atomic mass is 9.97. The Labute approximate surface area is 69.8 Å². The molecule has 0 fully saturated rings. The van der Waals surface area contributed by atoms with Gasteiger partial charge in [-0.3, -0.25) is 0 Å². The van der Waals surface area contributed by atoms with E-state index in [2.05, 4.69) is 25.7 Å². The largest absolute Gasteiger partial charge is 0.380 e. The van der Waals surface area contributed by atoms with Crippen LogP contribution in [0.2, 0.25) is 0 Å². The average molecular weight is 154 g/mol. The summed E-state index contributed by atoms with van der Waals surface area (Å²) >= 11 is 0. The van der Waals surface area contributed by atoms with E-state index in [-0.39, 0.29) is 0 Å². The summed E-state index contributed by atoms with van der Waals surface area (Å²) in [6.45, 7) is 6.17. The normalized spacial score (nSPS) is 12.5. The van der Waals surface area contributed by atoms with Crippen LogP contribution >= 0.6 is 0 Å². The Kier molecular flexibility index (Phi) is 5.97. The molecule has 0 bridgehead atoms. The number of rotatable bonds is 3. The predicted octanol–water partition coefficient (Wildman–Crippen LogP) is 2.20. The smallest absolute Gasteiger partial charge is 0.117 e. The lowest BCUT2D eigenvalue weighted by Crippen LogP contribution is -2.16. The minimum Gasteiger partial charge on any atom is -0.380 e. The fourth-order valence-corrected chi connectivity index (χ4v) is 1.06. The van der Waals surface area contributed by atoms with Crippen molar-refractivity contribution in [1.82, 2.24) is 0 Å². The topological polar surface area (TPSA) is 20.2 Å². The van der Waals surface area contributed by atoms with Crippen LogP contribution in [-0.2, 0) is 0 Å². The molecule has 64 valence electrons. The highest BCUT2D eigenvalue weighted by Crippen LogP contribution is 2.11. The summed E-state index contributed by atoms with van der Waals surface area (Å²) in [5, 5.41) is 9.47. The Balaban J connectivity index is 3.87. The van der Waals surface area contributed by atoms with E-state index in [4.69, 9.17) is 0 Å². The molecule has 1 nitrogen and oxygen atoms in total. The molecule has 1 atom stereocenters. The maximum absolute atomic E-state index is 9.47. The lowest BCUT2D eigenvalue weighted by Gasteiger charge is -2.13. The van der Waals surface area contributed by atoms with Crippen LogP contribution in [-0.4, -0.2) is 11.2 Å². The van der Waals surface area contributed by atoms with Crippen molar-refractivity contribution in [2.75, 3.05) is 0 Å². The Bertz CT molecular complexity index is 137. The molecule has 0 radical (unpaired) electrons. The third-order valence-electron chi connectivity index (χ3n) is 1.92. The summed E-state index contributed by atoms with van der Waals surface area (Å²) < 4.78 is 0. The maximum Gasteiger partial charge on any atom is 0.117 e. The van der Waals surface area contributed by atoms with E-state index >= 15 is 0 Å². The fourth-order valence-electron chi connectivity index (χ4n) is 1.06. The molecule has 1 N–H and O–H groups in total. The van der Waals surface area contributed by atoms with E-state index in [0.717, 1.165) is 19.3 Å². The molecule has 0 aliphatic rings. The highest BCUT2D eigenvalue weighted by molar-refractivity contribution is 5.05. The summed E-state index contributed by atoms with van der Waals surface area (Å²) in [4.78, 5) is 0. The molecule has 1 heteroatoms. The van der Waals surface area contributed by atoms with Crippen molar-refractivity contribution in [1.29, 1.82) is 0 Å². The molecule has 0 aliphatic carbocycles. The van der Waals surface area contributed by atoms with Crippen LogP contribution < -0.4 is 0 Å². The first-order valence-corrected chi connectivity index (χ1v) is 4.42. The third-order valence-corrected chi connectivity index (χ3v) is 1.92. The number of aliphatic hydroxyl groups excluding tert-OH is 1. The van der Waals surface area contributed by atoms with Gasteiger partial charge in [0.25, 0.3) is 0 Å². The first-order valence-electron chi connectivity index (χ1n) is 4.42. The van der Waals surface area contributed by atoms with Crippen LogP contribution in [0.3, 0.4) is 0 Å². The van der Waals surface area contributed by atoms with Crippen LogP contribution in [0.15, 0.2) is 0 Å². The van der Waals surface area contributed by atoms with E-state index in [1.54, 1.807) is 0 Å². The van der Waals surface area contributed by atoms with E-state index in [1.165, 1.54) is 0 Å². The highest BCUT2D eigenvalue weighted by atomic mass is 16.3. The lowest BCUT2D eigenvalue weighted by molar-refractivity contribution is 0.155. The molecule has 1 unspecified atom stereocenters. The molecular weight excluding hydrogens is 136 g/mol. The summed E-state index contributed by atoms with van der Waals surface area (Å²) in [7, 11) is 0. The second-order valence-corrected chi connectivity index (χ2v) is 2.70. The van der Waals surface area contributed by atoms with Gasteiger partial charge in [-0.15, -0.1) is 5.92 Å². The van der Waals surface area contributed by atoms with Gasteiger partial charge in [0.1, 0.15) is 6.10 Å². The van der Waals surface area contributed by atoms with Crippen LogP contribution in [0.4, 0.5) is 0 Å². The molecule has 0 saturated heterocycles. The molecule has 0 aromatic carbocycles. The molecule has 0 amide bonds. The van der Waals surface area contributed by atoms with E-state index in [1.807, 2.05) is 6.92 Å². The van der Waals surface area contributed by atoms with Crippen molar-refractivity contribution in [3.8, 4) is 11.8 Å². The summed E-state index contributed by atoms with van der Waals surface area (Å²) in [6, 6.07) is 0. The molecule has 0 rings (SSSR count). The fraction of sp³-hybridized carbons (Fsp3) is 0.800. The van der Waals surface area contributed by atoms with Gasteiger partial charge in [-0.1, -0.05) is 26.7 Å². The zero-order valence-corrected chi connectivity index (χ0v) is 7.72. The molecular formula is C10H18O. The van der Waals surface area contributed by atoms with E-state index in [0.29, 0.717) is 5.92 Å². The summed E-state index contributed by atoms with van der Waals surface area (Å²) in [6.07, 6.45) is 2.44. The van der Waals surface area contributed by atoms with Crippen LogP contribution in [0, 0.1) is 17.8 Å². The molecule has 11 heavy (non-hydrogen) atoms. The molecule has 0 aliphatic heterocycles. The molecule has 0 saturated carbocycles. The van der Waals surface area contributed by atoms with Crippen molar-refractivity contribution < 1.29 is 5.11 Å². The number of hydrogen-bond donors (Lipinski definition) is 1. The van der Waals surface area contributed by atoms with Gasteiger partial charge in [0.15, 0.2) is 0 Å². The Morgan fingerprint density at radius 1 is 1.18 bits per heavy atom. The third kappa shape index (κ3) is 4.06. The predicted molar refractivity (Wildman–Crippen MR) is 48.1 cm³/mol. The molecule has 0 spiro atoms. The van der Waals surface area contributed by atoms with Crippen molar-refractivity contribution in [3.63, 3.8) is 0 Å². The first-order chi connectivity index (χ1) is 5.26. The highest BCUT2D eigenvalue weighted by Gasteiger charge is 2.11. The van der Waals surface area contributed by atoms with Gasteiger partial charge in [0.05, 0.1) is 0 Å². The minimum atomic E-state index is -0.412. The standard InChI is InChI=1S/C10H18O/c1-4-7-8-10(11)9(5-2)6-3/h9-11H,4-6H2,1-3H3. The Hall–Kier alpha value is -0.480. The van der Waals surface area contributed by atoms with Crippen molar-refractivity contribution in [3.05, 3.63) is 0 Å². The SMILES string of the molecule is CCC#CC(O)C(CC)CC. The van der Waals surface area contributed by atoms with Gasteiger partial charge in [0, 0.05) is 6.42 Å². The van der Waals surface area contributed by atoms with Crippen molar-refractivity contribution >= 4 is 0 Å². The van der Waals surface area contributed by atoms with Crippen molar-refractivity contribution in [2.45, 2.75) is 46.1 Å². The van der Waals surface area contributed by atoms with E-state index < -0.39 is 6.10 Å². The first kappa shape index (κ1) is 10.5. The zero-order valence-electron chi connectivity index (χ0n) is 7.72. The molecule has 0 heterocycles. The van der Waals surface area contributed by atoms with Gasteiger partial charge in [-0.2, -0.15) is 0 Å². The molecule has 0 aromatic heterocycles. The summed E-state index contributed by atoms with van der Waals surface area (Å²) in [5.41, 5.74) is 0. The van der Waals surface area contributed by atoms with Crippen molar-refractivity contribution in [2.24, 2.45) is 5.92 Å². The van der Waals surface area contributed by atoms with Gasteiger partial charge in [-0.05, 0) is 18.8 Å². The number of hydrogen-bond acceptors (Lipinski definition) is 1. The van der Waals surface area contributed by atoms with Gasteiger partial charge in [-0.25, -0.2) is 0 Å². The van der Waals surface area contributed by atoms with Crippen LogP contribution in [0.1, 0.15) is 40.0 Å². The minimum absolute atomic E-state index is 0.356. The zero-order chi connectivity index (χ0) is 8.69. The second kappa shape index (κ2) is 6.24. The van der Waals surface area contributed by atoms with Crippen LogP contribution in [0.5, 0.6) is 0 Å². The van der Waals surface area contributed by atoms with Gasteiger partial charge >= 0.3 is 0 Å². The number of aliphatic hydroxyl groups is 1. The van der Waals surface area contributed by atoms with E-state index in [9.17, 15) is 5.11 Å². The van der Waals surface area contributed by atoms with Gasteiger partial charge in [0.2, 0.25) is 0 Å². The Morgan fingerprint density at radius 3 is 2.09 bits per heavy atom. The molecule has 0 aromatic rings. The quantitative estimate of drug-likeness (QED) is 0.618. The average Bonchev–Trinajstić information content (AvgIpc) is 2.03. The maximum atomic E-state index is 9.47. The van der Waals surface area contributed by atoms with Crippen LogP contribution in [0.25, 0.3) is 0 Å².